The van der Waals surface area contributed by atoms with Gasteiger partial charge in [-0.1, -0.05) is 12.8 Å². The maximum atomic E-state index is 12.1. The highest BCUT2D eigenvalue weighted by molar-refractivity contribution is 8.00. The Hall–Kier alpha value is -1.07. The van der Waals surface area contributed by atoms with Crippen LogP contribution >= 0.6 is 11.8 Å². The van der Waals surface area contributed by atoms with Crippen LogP contribution in [0.1, 0.15) is 25.7 Å². The Morgan fingerprint density at radius 2 is 2.11 bits per heavy atom. The minimum Gasteiger partial charge on any atom is -0.391 e. The van der Waals surface area contributed by atoms with Crippen LogP contribution in [-0.2, 0) is 4.79 Å². The van der Waals surface area contributed by atoms with Gasteiger partial charge in [0.1, 0.15) is 0 Å². The molecule has 19 heavy (non-hydrogen) atoms. The van der Waals surface area contributed by atoms with E-state index in [2.05, 4.69) is 4.98 Å². The van der Waals surface area contributed by atoms with Crippen molar-refractivity contribution in [3.63, 3.8) is 0 Å². The predicted molar refractivity (Wildman–Crippen MR) is 76.0 cm³/mol. The van der Waals surface area contributed by atoms with E-state index in [4.69, 9.17) is 0 Å². The summed E-state index contributed by atoms with van der Waals surface area (Å²) < 4.78 is 0. The van der Waals surface area contributed by atoms with Crippen LogP contribution < -0.4 is 0 Å². The van der Waals surface area contributed by atoms with Gasteiger partial charge in [0.05, 0.1) is 17.9 Å². The lowest BCUT2D eigenvalue weighted by atomic mass is 9.91. The predicted octanol–water partition coefficient (Wildman–Crippen LogP) is 1.94. The molecule has 1 aromatic heterocycles. The first kappa shape index (κ1) is 14.3. The van der Waals surface area contributed by atoms with Gasteiger partial charge >= 0.3 is 0 Å². The highest BCUT2D eigenvalue weighted by Crippen LogP contribution is 2.24. The van der Waals surface area contributed by atoms with E-state index in [9.17, 15) is 9.90 Å². The van der Waals surface area contributed by atoms with E-state index in [1.165, 1.54) is 11.8 Å². The van der Waals surface area contributed by atoms with Crippen molar-refractivity contribution in [1.29, 1.82) is 0 Å². The monoisotopic (exact) mass is 280 g/mol. The van der Waals surface area contributed by atoms with Crippen LogP contribution in [0.25, 0.3) is 0 Å². The van der Waals surface area contributed by atoms with Crippen LogP contribution in [0, 0.1) is 0 Å². The number of hydrogen-bond acceptors (Lipinski definition) is 4. The van der Waals surface area contributed by atoms with Gasteiger partial charge in [-0.3, -0.25) is 9.78 Å². The number of carbonyl (C=O) groups is 1. The number of pyridine rings is 1. The van der Waals surface area contributed by atoms with Crippen molar-refractivity contribution in [1.82, 2.24) is 9.88 Å². The summed E-state index contributed by atoms with van der Waals surface area (Å²) in [5, 5.41) is 9.96. The highest BCUT2D eigenvalue weighted by atomic mass is 32.2. The Balaban J connectivity index is 1.85. The van der Waals surface area contributed by atoms with Gasteiger partial charge in [0.15, 0.2) is 0 Å². The normalized spacial score (nSPS) is 23.1. The van der Waals surface area contributed by atoms with Crippen LogP contribution in [0.2, 0.25) is 0 Å². The molecule has 0 aromatic carbocycles. The Morgan fingerprint density at radius 3 is 2.79 bits per heavy atom. The van der Waals surface area contributed by atoms with E-state index in [0.29, 0.717) is 5.75 Å². The molecule has 1 aliphatic carbocycles. The number of amides is 1. The Kier molecular flexibility index (Phi) is 5.22. The standard InChI is InChI=1S/C14H20N2O2S/c1-16(12-4-2-3-5-13(12)17)14(18)10-19-11-6-8-15-9-7-11/h6-9,12-13,17H,2-5,10H2,1H3. The largest absolute Gasteiger partial charge is 0.391 e. The summed E-state index contributed by atoms with van der Waals surface area (Å²) in [5.74, 6) is 0.483. The first-order chi connectivity index (χ1) is 9.18. The molecule has 104 valence electrons. The maximum Gasteiger partial charge on any atom is 0.233 e. The van der Waals surface area contributed by atoms with Gasteiger partial charge in [-0.15, -0.1) is 11.8 Å². The smallest absolute Gasteiger partial charge is 0.233 e. The van der Waals surface area contributed by atoms with Crippen LogP contribution in [0.5, 0.6) is 0 Å². The molecule has 1 saturated carbocycles. The zero-order valence-electron chi connectivity index (χ0n) is 11.2. The third-order valence-electron chi connectivity index (χ3n) is 3.60. The average molecular weight is 280 g/mol. The quantitative estimate of drug-likeness (QED) is 0.856. The van der Waals surface area contributed by atoms with Crippen LogP contribution in [0.15, 0.2) is 29.4 Å². The molecule has 2 atom stereocenters. The number of rotatable bonds is 4. The molecule has 1 heterocycles. The molecule has 5 heteroatoms. The summed E-state index contributed by atoms with van der Waals surface area (Å²) in [6.45, 7) is 0. The fourth-order valence-corrected chi connectivity index (χ4v) is 3.22. The Labute approximate surface area is 118 Å². The van der Waals surface area contributed by atoms with E-state index in [-0.39, 0.29) is 18.1 Å². The molecule has 1 fully saturated rings. The van der Waals surface area contributed by atoms with Crippen LogP contribution in [0.3, 0.4) is 0 Å². The molecule has 1 aromatic rings. The molecule has 2 rings (SSSR count). The lowest BCUT2D eigenvalue weighted by molar-refractivity contribution is -0.132. The summed E-state index contributed by atoms with van der Waals surface area (Å²) in [6, 6.07) is 3.78. The second-order valence-electron chi connectivity index (χ2n) is 4.90. The molecule has 1 amide bonds. The fraction of sp³-hybridized carbons (Fsp3) is 0.571. The second-order valence-corrected chi connectivity index (χ2v) is 5.94. The van der Waals surface area contributed by atoms with Gasteiger partial charge in [0.2, 0.25) is 5.91 Å². The number of aliphatic hydroxyl groups is 1. The van der Waals surface area contributed by atoms with Crippen molar-refractivity contribution in [3.05, 3.63) is 24.5 Å². The lowest BCUT2D eigenvalue weighted by Gasteiger charge is -2.35. The van der Waals surface area contributed by atoms with E-state index in [1.54, 1.807) is 24.3 Å². The maximum absolute atomic E-state index is 12.1. The lowest BCUT2D eigenvalue weighted by Crippen LogP contribution is -2.46. The third kappa shape index (κ3) is 3.94. The van der Waals surface area contributed by atoms with Crippen LogP contribution in [0.4, 0.5) is 0 Å². The molecule has 0 bridgehead atoms. The number of likely N-dealkylation sites (N-methyl/N-ethyl adjacent to an activating group) is 1. The van der Waals surface area contributed by atoms with Gasteiger partial charge in [0.25, 0.3) is 0 Å². The molecule has 0 aliphatic heterocycles. The SMILES string of the molecule is CN(C(=O)CSc1ccncc1)C1CCCCC1O. The fourth-order valence-electron chi connectivity index (χ4n) is 2.41. The topological polar surface area (TPSA) is 53.4 Å². The van der Waals surface area contributed by atoms with Crippen LogP contribution in [-0.4, -0.2) is 45.8 Å². The highest BCUT2D eigenvalue weighted by Gasteiger charge is 2.29. The number of aromatic nitrogens is 1. The molecule has 2 unspecified atom stereocenters. The molecule has 0 radical (unpaired) electrons. The van der Waals surface area contributed by atoms with E-state index in [0.717, 1.165) is 30.6 Å². The zero-order valence-corrected chi connectivity index (χ0v) is 12.0. The van der Waals surface area contributed by atoms with E-state index in [1.807, 2.05) is 12.1 Å². The number of hydrogen-bond donors (Lipinski definition) is 1. The molecular weight excluding hydrogens is 260 g/mol. The molecule has 0 saturated heterocycles. The van der Waals surface area contributed by atoms with Crippen molar-refractivity contribution >= 4 is 17.7 Å². The van der Waals surface area contributed by atoms with E-state index < -0.39 is 0 Å². The minimum atomic E-state index is -0.367. The number of thioether (sulfide) groups is 1. The van der Waals surface area contributed by atoms with Gasteiger partial charge < -0.3 is 10.0 Å². The van der Waals surface area contributed by atoms with Crippen molar-refractivity contribution in [2.45, 2.75) is 42.7 Å². The number of nitrogens with zero attached hydrogens (tertiary/aromatic N) is 2. The molecule has 1 aliphatic rings. The summed E-state index contributed by atoms with van der Waals surface area (Å²) in [6.07, 6.45) is 6.95. The van der Waals surface area contributed by atoms with Crippen molar-refractivity contribution in [2.75, 3.05) is 12.8 Å². The summed E-state index contributed by atoms with van der Waals surface area (Å²) in [5.41, 5.74) is 0. The third-order valence-corrected chi connectivity index (χ3v) is 4.59. The summed E-state index contributed by atoms with van der Waals surface area (Å²) in [4.78, 5) is 18.9. The molecular formula is C14H20N2O2S. The van der Waals surface area contributed by atoms with Crippen molar-refractivity contribution in [2.24, 2.45) is 0 Å². The van der Waals surface area contributed by atoms with Crippen molar-refractivity contribution in [3.8, 4) is 0 Å². The summed E-state index contributed by atoms with van der Waals surface area (Å²) >= 11 is 1.51. The Morgan fingerprint density at radius 1 is 1.42 bits per heavy atom. The number of aliphatic hydroxyl groups excluding tert-OH is 1. The molecule has 1 N–H and O–H groups in total. The molecule has 0 spiro atoms. The second kappa shape index (κ2) is 6.91. The summed E-state index contributed by atoms with van der Waals surface area (Å²) in [7, 11) is 1.80. The Bertz CT molecular complexity index is 413. The first-order valence-electron chi connectivity index (χ1n) is 6.65. The first-order valence-corrected chi connectivity index (χ1v) is 7.63. The van der Waals surface area contributed by atoms with Gasteiger partial charge in [-0.25, -0.2) is 0 Å². The van der Waals surface area contributed by atoms with E-state index >= 15 is 0 Å². The van der Waals surface area contributed by atoms with Gasteiger partial charge in [-0.2, -0.15) is 0 Å². The van der Waals surface area contributed by atoms with Gasteiger partial charge in [-0.05, 0) is 25.0 Å². The van der Waals surface area contributed by atoms with Crippen molar-refractivity contribution < 1.29 is 9.90 Å². The number of carbonyl (C=O) groups excluding carboxylic acids is 1. The minimum absolute atomic E-state index is 0.0145. The molecule has 4 nitrogen and oxygen atoms in total. The van der Waals surface area contributed by atoms with Gasteiger partial charge in [0, 0.05) is 24.3 Å². The average Bonchev–Trinajstić information content (AvgIpc) is 2.45. The zero-order chi connectivity index (χ0) is 13.7.